The number of nitrogens with zero attached hydrogens (tertiary/aromatic N) is 4. The third kappa shape index (κ3) is 4.32. The van der Waals surface area contributed by atoms with E-state index in [1.807, 2.05) is 0 Å². The Labute approximate surface area is 201 Å². The van der Waals surface area contributed by atoms with Crippen LogP contribution in [0, 0.1) is 0 Å². The van der Waals surface area contributed by atoms with E-state index in [1.165, 1.54) is 0 Å². The van der Waals surface area contributed by atoms with Crippen LogP contribution in [0.3, 0.4) is 0 Å². The first-order valence-electron chi connectivity index (χ1n) is 11.1. The van der Waals surface area contributed by atoms with E-state index in [9.17, 15) is 4.79 Å². The van der Waals surface area contributed by atoms with Crippen LogP contribution in [0.2, 0.25) is 0 Å². The first kappa shape index (κ1) is 22.5. The number of rotatable bonds is 7. The van der Waals surface area contributed by atoms with Gasteiger partial charge in [0.25, 0.3) is 11.8 Å². The van der Waals surface area contributed by atoms with Crippen molar-refractivity contribution in [3.05, 3.63) is 48.4 Å². The lowest BCUT2D eigenvalue weighted by Crippen LogP contribution is -2.38. The lowest BCUT2D eigenvalue weighted by atomic mass is 9.96. The van der Waals surface area contributed by atoms with E-state index in [1.54, 1.807) is 63.0 Å². The van der Waals surface area contributed by atoms with E-state index in [4.69, 9.17) is 23.0 Å². The summed E-state index contributed by atoms with van der Waals surface area (Å²) in [6, 6.07) is 7.08. The minimum Gasteiger partial charge on any atom is -0.493 e. The van der Waals surface area contributed by atoms with Crippen molar-refractivity contribution in [3.63, 3.8) is 0 Å². The molecule has 4 heterocycles. The van der Waals surface area contributed by atoms with Gasteiger partial charge in [-0.1, -0.05) is 0 Å². The quantitative estimate of drug-likeness (QED) is 0.421. The summed E-state index contributed by atoms with van der Waals surface area (Å²) in [4.78, 5) is 14.9. The van der Waals surface area contributed by atoms with Crippen LogP contribution in [0.5, 0.6) is 17.2 Å². The number of carbonyl (C=O) groups is 1. The van der Waals surface area contributed by atoms with Gasteiger partial charge in [0.1, 0.15) is 12.0 Å². The fraction of sp³-hybridized carbons (Fsp3) is 0.333. The summed E-state index contributed by atoms with van der Waals surface area (Å²) in [6.07, 6.45) is 4.58. The molecular formula is C24H25N5O6. The summed E-state index contributed by atoms with van der Waals surface area (Å²) in [5.74, 6) is 2.52. The molecule has 1 N–H and O–H groups in total. The molecule has 3 aromatic heterocycles. The summed E-state index contributed by atoms with van der Waals surface area (Å²) in [6.45, 7) is 1.15. The second kappa shape index (κ2) is 9.53. The van der Waals surface area contributed by atoms with E-state index in [0.717, 1.165) is 24.0 Å². The largest absolute Gasteiger partial charge is 0.493 e. The molecule has 1 aliphatic rings. The highest BCUT2D eigenvalue weighted by molar-refractivity contribution is 5.93. The van der Waals surface area contributed by atoms with Crippen LogP contribution in [0.15, 0.2) is 45.6 Å². The molecule has 5 rings (SSSR count). The standard InChI is InChI=1S/C24H25N5O6/c1-31-19-10-16(11-20(32-2)21(19)33-3)17-12-18(26-25-17)24(30)29-7-4-14(5-8-29)22-27-28-23(35-22)15-6-9-34-13-15/h6,9-14H,4-5,7-8H2,1-3H3,(H,25,26). The van der Waals surface area contributed by atoms with Gasteiger partial charge in [0, 0.05) is 24.6 Å². The molecule has 182 valence electrons. The van der Waals surface area contributed by atoms with Crippen molar-refractivity contribution in [1.29, 1.82) is 0 Å². The molecular weight excluding hydrogens is 454 g/mol. The fourth-order valence-corrected chi connectivity index (χ4v) is 4.21. The maximum Gasteiger partial charge on any atom is 0.271 e. The van der Waals surface area contributed by atoms with Crippen LogP contribution in [-0.4, -0.2) is 65.6 Å². The zero-order valence-electron chi connectivity index (χ0n) is 19.6. The number of ether oxygens (including phenoxy) is 3. The average molecular weight is 479 g/mol. The Morgan fingerprint density at radius 2 is 1.77 bits per heavy atom. The summed E-state index contributed by atoms with van der Waals surface area (Å²) < 4.78 is 27.1. The Kier molecular flexibility index (Phi) is 6.13. The van der Waals surface area contributed by atoms with E-state index in [-0.39, 0.29) is 11.8 Å². The van der Waals surface area contributed by atoms with Crippen molar-refractivity contribution >= 4 is 5.91 Å². The molecule has 1 aromatic carbocycles. The van der Waals surface area contributed by atoms with Gasteiger partial charge in [-0.15, -0.1) is 10.2 Å². The number of nitrogens with one attached hydrogen (secondary N) is 1. The molecule has 35 heavy (non-hydrogen) atoms. The average Bonchev–Trinajstić information content (AvgIpc) is 3.69. The number of piperidine rings is 1. The number of benzene rings is 1. The predicted octanol–water partition coefficient (Wildman–Crippen LogP) is 3.77. The van der Waals surface area contributed by atoms with Crippen molar-refractivity contribution in [3.8, 4) is 40.0 Å². The molecule has 1 aliphatic heterocycles. The van der Waals surface area contributed by atoms with Gasteiger partial charge in [-0.25, -0.2) is 0 Å². The highest BCUT2D eigenvalue weighted by atomic mass is 16.5. The number of furan rings is 1. The van der Waals surface area contributed by atoms with E-state index in [0.29, 0.717) is 53.5 Å². The molecule has 0 unspecified atom stereocenters. The van der Waals surface area contributed by atoms with Crippen molar-refractivity contribution < 1.29 is 27.8 Å². The van der Waals surface area contributed by atoms with E-state index >= 15 is 0 Å². The molecule has 1 amide bonds. The van der Waals surface area contributed by atoms with Gasteiger partial charge in [-0.3, -0.25) is 9.89 Å². The number of H-pyrrole nitrogens is 1. The van der Waals surface area contributed by atoms with E-state index < -0.39 is 0 Å². The maximum absolute atomic E-state index is 13.1. The second-order valence-electron chi connectivity index (χ2n) is 8.10. The zero-order chi connectivity index (χ0) is 24.4. The molecule has 0 spiro atoms. The molecule has 1 saturated heterocycles. The summed E-state index contributed by atoms with van der Waals surface area (Å²) in [7, 11) is 4.65. The third-order valence-corrected chi connectivity index (χ3v) is 6.11. The van der Waals surface area contributed by atoms with Crippen LogP contribution >= 0.6 is 0 Å². The normalized spacial score (nSPS) is 14.2. The van der Waals surface area contributed by atoms with Crippen molar-refractivity contribution in [2.45, 2.75) is 18.8 Å². The van der Waals surface area contributed by atoms with Crippen molar-refractivity contribution in [2.24, 2.45) is 0 Å². The SMILES string of the molecule is COc1cc(-c2cc(C(=O)N3CCC(c4nnc(-c5ccoc5)o4)CC3)[nH]n2)cc(OC)c1OC. The Bertz CT molecular complexity index is 1280. The number of carbonyl (C=O) groups excluding carboxylic acids is 1. The smallest absolute Gasteiger partial charge is 0.271 e. The predicted molar refractivity (Wildman–Crippen MR) is 124 cm³/mol. The van der Waals surface area contributed by atoms with Gasteiger partial charge >= 0.3 is 0 Å². The highest BCUT2D eigenvalue weighted by Crippen LogP contribution is 2.41. The molecule has 4 aromatic rings. The van der Waals surface area contributed by atoms with Gasteiger partial charge in [0.2, 0.25) is 11.6 Å². The third-order valence-electron chi connectivity index (χ3n) is 6.11. The van der Waals surface area contributed by atoms with Gasteiger partial charge in [0.15, 0.2) is 11.5 Å². The van der Waals surface area contributed by atoms with Gasteiger partial charge < -0.3 is 27.9 Å². The maximum atomic E-state index is 13.1. The Hall–Kier alpha value is -4.28. The molecule has 1 fully saturated rings. The number of hydrogen-bond donors (Lipinski definition) is 1. The number of methoxy groups -OCH3 is 3. The Balaban J connectivity index is 1.26. The first-order chi connectivity index (χ1) is 17.1. The Morgan fingerprint density at radius 3 is 2.40 bits per heavy atom. The van der Waals surface area contributed by atoms with Gasteiger partial charge in [-0.05, 0) is 37.1 Å². The van der Waals surface area contributed by atoms with Crippen molar-refractivity contribution in [1.82, 2.24) is 25.3 Å². The minimum absolute atomic E-state index is 0.101. The molecule has 0 atom stereocenters. The number of likely N-dealkylation sites (tertiary alicyclic amines) is 1. The molecule has 0 bridgehead atoms. The molecule has 0 radical (unpaired) electrons. The van der Waals surface area contributed by atoms with Crippen LogP contribution in [-0.2, 0) is 0 Å². The Morgan fingerprint density at radius 1 is 1.03 bits per heavy atom. The van der Waals surface area contributed by atoms with Crippen LogP contribution in [0.25, 0.3) is 22.7 Å². The molecule has 11 heteroatoms. The minimum atomic E-state index is -0.112. The van der Waals surface area contributed by atoms with Gasteiger partial charge in [-0.2, -0.15) is 5.10 Å². The van der Waals surface area contributed by atoms with Crippen LogP contribution in [0.1, 0.15) is 35.1 Å². The number of hydrogen-bond acceptors (Lipinski definition) is 9. The summed E-state index contributed by atoms with van der Waals surface area (Å²) in [5, 5.41) is 15.5. The van der Waals surface area contributed by atoms with Gasteiger partial charge in [0.05, 0.1) is 38.8 Å². The molecule has 0 saturated carbocycles. The van der Waals surface area contributed by atoms with Crippen LogP contribution in [0.4, 0.5) is 0 Å². The topological polar surface area (TPSA) is 129 Å². The summed E-state index contributed by atoms with van der Waals surface area (Å²) in [5.41, 5.74) is 2.49. The highest BCUT2D eigenvalue weighted by Gasteiger charge is 2.29. The monoisotopic (exact) mass is 479 g/mol. The lowest BCUT2D eigenvalue weighted by Gasteiger charge is -2.30. The zero-order valence-corrected chi connectivity index (χ0v) is 19.6. The lowest BCUT2D eigenvalue weighted by molar-refractivity contribution is 0.0700. The number of aromatic nitrogens is 4. The summed E-state index contributed by atoms with van der Waals surface area (Å²) >= 11 is 0. The first-order valence-corrected chi connectivity index (χ1v) is 11.1. The number of aromatic amines is 1. The second-order valence-corrected chi connectivity index (χ2v) is 8.10. The van der Waals surface area contributed by atoms with E-state index in [2.05, 4.69) is 20.4 Å². The fourth-order valence-electron chi connectivity index (χ4n) is 4.21. The molecule has 0 aliphatic carbocycles. The van der Waals surface area contributed by atoms with Crippen molar-refractivity contribution in [2.75, 3.05) is 34.4 Å². The number of amides is 1. The molecule has 11 nitrogen and oxygen atoms in total. The van der Waals surface area contributed by atoms with Crippen LogP contribution < -0.4 is 14.2 Å².